The summed E-state index contributed by atoms with van der Waals surface area (Å²) in [6, 6.07) is 1.74. The molecule has 0 atom stereocenters. The van der Waals surface area contributed by atoms with Gasteiger partial charge in [-0.15, -0.1) is 0 Å². The fourth-order valence-electron chi connectivity index (χ4n) is 1.13. The first-order chi connectivity index (χ1) is 6.69. The number of hydrogen-bond donors (Lipinski definition) is 0. The van der Waals surface area contributed by atoms with Gasteiger partial charge in [-0.2, -0.15) is 0 Å². The third-order valence-corrected chi connectivity index (χ3v) is 1.86. The van der Waals surface area contributed by atoms with E-state index in [-0.39, 0.29) is 5.78 Å². The lowest BCUT2D eigenvalue weighted by Gasteiger charge is -1.87. The Labute approximate surface area is 83.9 Å². The predicted octanol–water partition coefficient (Wildman–Crippen LogP) is 3.55. The Morgan fingerprint density at radius 2 is 2.36 bits per heavy atom. The fraction of sp³-hybridized carbons (Fsp3) is 0.250. The summed E-state index contributed by atoms with van der Waals surface area (Å²) in [5.41, 5.74) is 0.909. The number of ketones is 1. The highest BCUT2D eigenvalue weighted by Crippen LogP contribution is 2.18. The zero-order valence-corrected chi connectivity index (χ0v) is 8.54. The van der Waals surface area contributed by atoms with Crippen LogP contribution in [0.4, 0.5) is 0 Å². The number of carbonyl (C=O) groups is 1. The minimum Gasteiger partial charge on any atom is -0.453 e. The average Bonchev–Trinajstić information content (AvgIpc) is 2.57. The topological polar surface area (TPSA) is 30.2 Å². The second kappa shape index (κ2) is 4.61. The van der Waals surface area contributed by atoms with Crippen LogP contribution < -0.4 is 0 Å². The lowest BCUT2D eigenvalue weighted by Crippen LogP contribution is -1.85. The van der Waals surface area contributed by atoms with E-state index in [1.54, 1.807) is 12.1 Å². The smallest absolute Gasteiger partial charge is 0.194 e. The van der Waals surface area contributed by atoms with Crippen molar-refractivity contribution in [3.63, 3.8) is 0 Å². The van der Waals surface area contributed by atoms with Gasteiger partial charge in [0.1, 0.15) is 5.76 Å². The molecule has 0 amide bonds. The van der Waals surface area contributed by atoms with Crippen LogP contribution in [0.5, 0.6) is 0 Å². The van der Waals surface area contributed by atoms with Gasteiger partial charge in [0.2, 0.25) is 0 Å². The molecule has 1 aromatic heterocycles. The first kappa shape index (κ1) is 10.5. The first-order valence-corrected chi connectivity index (χ1v) is 4.62. The molecule has 1 heterocycles. The third-order valence-electron chi connectivity index (χ3n) is 1.86. The second-order valence-corrected chi connectivity index (χ2v) is 3.00. The van der Waals surface area contributed by atoms with Crippen molar-refractivity contribution in [2.45, 2.75) is 20.3 Å². The monoisotopic (exact) mass is 190 g/mol. The number of hydrogen-bond acceptors (Lipinski definition) is 2. The van der Waals surface area contributed by atoms with Crippen molar-refractivity contribution >= 4 is 17.9 Å². The molecule has 2 heteroatoms. The molecule has 0 aliphatic heterocycles. The Morgan fingerprint density at radius 3 is 2.86 bits per heavy atom. The zero-order chi connectivity index (χ0) is 10.6. The van der Waals surface area contributed by atoms with Crippen molar-refractivity contribution < 1.29 is 9.21 Å². The van der Waals surface area contributed by atoms with Crippen LogP contribution in [0.2, 0.25) is 0 Å². The van der Waals surface area contributed by atoms with Crippen molar-refractivity contribution in [1.82, 2.24) is 0 Å². The molecule has 0 aromatic carbocycles. The van der Waals surface area contributed by atoms with Gasteiger partial charge in [0, 0.05) is 12.5 Å². The van der Waals surface area contributed by atoms with Crippen LogP contribution in [0.25, 0.3) is 12.2 Å². The quantitative estimate of drug-likeness (QED) is 0.679. The van der Waals surface area contributed by atoms with Gasteiger partial charge >= 0.3 is 0 Å². The molecule has 0 bridgehead atoms. The molecule has 1 aromatic rings. The maximum atomic E-state index is 11.0. The third kappa shape index (κ3) is 2.22. The molecule has 14 heavy (non-hydrogen) atoms. The summed E-state index contributed by atoms with van der Waals surface area (Å²) in [6.07, 6.45) is 6.52. The van der Waals surface area contributed by atoms with Gasteiger partial charge < -0.3 is 4.42 Å². The summed E-state index contributed by atoms with van der Waals surface area (Å²) in [6.45, 7) is 7.17. The largest absolute Gasteiger partial charge is 0.453 e. The van der Waals surface area contributed by atoms with E-state index in [2.05, 4.69) is 13.5 Å². The Balaban J connectivity index is 3.08. The lowest BCUT2D eigenvalue weighted by atomic mass is 10.2. The maximum absolute atomic E-state index is 11.0. The van der Waals surface area contributed by atoms with Crippen LogP contribution >= 0.6 is 0 Å². The van der Waals surface area contributed by atoms with E-state index >= 15 is 0 Å². The molecule has 0 saturated carbocycles. The average molecular weight is 190 g/mol. The summed E-state index contributed by atoms with van der Waals surface area (Å²) in [4.78, 5) is 11.0. The molecule has 0 spiro atoms. The number of Topliss-reactive ketones (excluding diaryl/α,β-unsaturated/α-hetero) is 1. The van der Waals surface area contributed by atoms with Crippen molar-refractivity contribution in [2.75, 3.05) is 0 Å². The van der Waals surface area contributed by atoms with Crippen molar-refractivity contribution in [2.24, 2.45) is 0 Å². The molecule has 2 nitrogen and oxygen atoms in total. The Bertz CT molecular complexity index is 370. The Hall–Kier alpha value is -1.57. The van der Waals surface area contributed by atoms with E-state index in [0.29, 0.717) is 11.5 Å². The molecule has 0 unspecified atom stereocenters. The van der Waals surface area contributed by atoms with Gasteiger partial charge in [-0.3, -0.25) is 4.79 Å². The molecule has 0 aliphatic carbocycles. The Kier molecular flexibility index (Phi) is 3.46. The van der Waals surface area contributed by atoms with E-state index in [1.165, 1.54) is 6.92 Å². The van der Waals surface area contributed by atoms with Gasteiger partial charge in [-0.05, 0) is 18.6 Å². The molecular weight excluding hydrogens is 176 g/mol. The van der Waals surface area contributed by atoms with Gasteiger partial charge in [0.25, 0.3) is 0 Å². The Morgan fingerprint density at radius 1 is 1.64 bits per heavy atom. The van der Waals surface area contributed by atoms with Crippen molar-refractivity contribution in [3.05, 3.63) is 35.8 Å². The van der Waals surface area contributed by atoms with Crippen LogP contribution in [0, 0.1) is 0 Å². The molecule has 74 valence electrons. The van der Waals surface area contributed by atoms with Crippen LogP contribution in [-0.4, -0.2) is 5.78 Å². The number of furan rings is 1. The summed E-state index contributed by atoms with van der Waals surface area (Å²) in [7, 11) is 0. The summed E-state index contributed by atoms with van der Waals surface area (Å²) in [5, 5.41) is 0. The van der Waals surface area contributed by atoms with Crippen molar-refractivity contribution in [1.29, 1.82) is 0 Å². The zero-order valence-electron chi connectivity index (χ0n) is 8.54. The van der Waals surface area contributed by atoms with Crippen LogP contribution in [0.1, 0.15) is 42.1 Å². The molecule has 0 radical (unpaired) electrons. The molecule has 0 N–H and O–H groups in total. The normalized spacial score (nSPS) is 10.7. The van der Waals surface area contributed by atoms with Crippen LogP contribution in [0.3, 0.4) is 0 Å². The summed E-state index contributed by atoms with van der Waals surface area (Å²) >= 11 is 0. The predicted molar refractivity (Wildman–Crippen MR) is 58.1 cm³/mol. The fourth-order valence-corrected chi connectivity index (χ4v) is 1.13. The first-order valence-electron chi connectivity index (χ1n) is 4.62. The number of allylic oxidation sites excluding steroid dienone is 1. The van der Waals surface area contributed by atoms with Crippen LogP contribution in [0.15, 0.2) is 23.1 Å². The highest BCUT2D eigenvalue weighted by atomic mass is 16.3. The van der Waals surface area contributed by atoms with Gasteiger partial charge in [-0.1, -0.05) is 25.7 Å². The maximum Gasteiger partial charge on any atom is 0.194 e. The van der Waals surface area contributed by atoms with Gasteiger partial charge in [0.05, 0.1) is 0 Å². The minimum atomic E-state index is -0.0655. The molecule has 0 fully saturated rings. The second-order valence-electron chi connectivity index (χ2n) is 3.00. The molecular formula is C12H14O2. The molecule has 1 rings (SSSR count). The highest BCUT2D eigenvalue weighted by Gasteiger charge is 2.09. The van der Waals surface area contributed by atoms with E-state index in [4.69, 9.17) is 4.42 Å². The van der Waals surface area contributed by atoms with E-state index in [9.17, 15) is 4.79 Å². The van der Waals surface area contributed by atoms with Gasteiger partial charge in [-0.25, -0.2) is 0 Å². The minimum absolute atomic E-state index is 0.0655. The summed E-state index contributed by atoms with van der Waals surface area (Å²) < 4.78 is 5.30. The van der Waals surface area contributed by atoms with E-state index in [0.717, 1.165) is 12.0 Å². The number of carbonyl (C=O) groups excluding carboxylic acids is 1. The highest BCUT2D eigenvalue weighted by molar-refractivity contribution is 5.92. The van der Waals surface area contributed by atoms with Crippen LogP contribution in [-0.2, 0) is 0 Å². The number of rotatable bonds is 4. The van der Waals surface area contributed by atoms with Crippen molar-refractivity contribution in [3.8, 4) is 0 Å². The standard InChI is InChI=1S/C12H14O2/c1-4-6-7-10-8-12(9(3)13)14-11(10)5-2/h5-8H,2,4H2,1,3H3/b7-6-. The molecule has 0 aliphatic rings. The lowest BCUT2D eigenvalue weighted by molar-refractivity contribution is 0.0987. The van der Waals surface area contributed by atoms with E-state index in [1.807, 2.05) is 12.2 Å². The van der Waals surface area contributed by atoms with E-state index < -0.39 is 0 Å². The summed E-state index contributed by atoms with van der Waals surface area (Å²) in [5.74, 6) is 0.972. The molecule has 0 saturated heterocycles. The van der Waals surface area contributed by atoms with Gasteiger partial charge in [0.15, 0.2) is 11.5 Å². The SMILES string of the molecule is C=Cc1oc(C(C)=O)cc1/C=C\CC.